The highest BCUT2D eigenvalue weighted by molar-refractivity contribution is 6.70. The topological polar surface area (TPSA) is 20.2 Å². The fourth-order valence-electron chi connectivity index (χ4n) is 5.39. The first-order valence-corrected chi connectivity index (χ1v) is 13.1. The number of fused-ring (bicyclic) bond motifs is 6. The molecule has 4 heteroatoms. The van der Waals surface area contributed by atoms with Crippen molar-refractivity contribution in [3.05, 3.63) is 106 Å². The third kappa shape index (κ3) is 3.16. The van der Waals surface area contributed by atoms with Crippen LogP contribution in [0.15, 0.2) is 72.8 Å². The summed E-state index contributed by atoms with van der Waals surface area (Å²) in [5.74, 6) is 0. The second-order valence-corrected chi connectivity index (χ2v) is 10.9. The smallest absolute Gasteiger partial charge is 0.123 e. The van der Waals surface area contributed by atoms with Gasteiger partial charge in [-0.15, -0.1) is 23.2 Å². The lowest BCUT2D eigenvalue weighted by atomic mass is 10.0. The van der Waals surface area contributed by atoms with Crippen LogP contribution in [-0.2, 0) is 6.42 Å². The zero-order valence-corrected chi connectivity index (χ0v) is 20.7. The first kappa shape index (κ1) is 21.2. The minimum Gasteiger partial charge on any atom is -0.396 e. The number of aryl methyl sites for hydroxylation is 1. The Kier molecular flexibility index (Phi) is 5.23. The summed E-state index contributed by atoms with van der Waals surface area (Å²) in [6.45, 7) is 2.29. The molecule has 2 atom stereocenters. The lowest BCUT2D eigenvalue weighted by Gasteiger charge is -2.20. The number of hydrogen-bond donors (Lipinski definition) is 1. The summed E-state index contributed by atoms with van der Waals surface area (Å²) in [6.07, 6.45) is 0.619. The molecule has 6 rings (SSSR count). The monoisotopic (exact) mass is 484 g/mol. The van der Waals surface area contributed by atoms with Crippen molar-refractivity contribution in [1.82, 2.24) is 0 Å². The number of hydrogen-bond acceptors (Lipinski definition) is 1. The van der Waals surface area contributed by atoms with Crippen molar-refractivity contribution in [3.8, 4) is 22.3 Å². The second-order valence-electron chi connectivity index (χ2n) is 8.78. The summed E-state index contributed by atoms with van der Waals surface area (Å²) in [4.78, 5) is 0. The molecule has 0 aromatic heterocycles. The van der Waals surface area contributed by atoms with E-state index in [2.05, 4.69) is 79.7 Å². The Hall–Kier alpha value is -2.36. The van der Waals surface area contributed by atoms with Crippen LogP contribution < -0.4 is 10.4 Å². The van der Waals surface area contributed by atoms with Gasteiger partial charge in [-0.3, -0.25) is 0 Å². The van der Waals surface area contributed by atoms with E-state index in [0.717, 1.165) is 0 Å². The molecule has 2 unspecified atom stereocenters. The molecule has 2 radical (unpaired) electrons. The molecule has 1 N–H and O–H groups in total. The molecule has 0 bridgehead atoms. The van der Waals surface area contributed by atoms with Crippen molar-refractivity contribution < 1.29 is 5.11 Å². The SMILES string of the molecule is Cc1ccc2c(c1[Si]c1c(CCO)ccc3c1C(Cl)c1ccccc1-3)C(Cl)c1ccccc1-2. The fraction of sp³-hybridized carbons (Fsp3) is 0.172. The molecule has 1 nitrogen and oxygen atoms in total. The predicted octanol–water partition coefficient (Wildman–Crippen LogP) is 5.80. The van der Waals surface area contributed by atoms with Crippen LogP contribution in [0.2, 0.25) is 0 Å². The molecule has 0 saturated heterocycles. The average Bonchev–Trinajstić information content (AvgIpc) is 3.29. The number of rotatable bonds is 4. The van der Waals surface area contributed by atoms with Crippen LogP contribution in [-0.4, -0.2) is 21.2 Å². The molecule has 33 heavy (non-hydrogen) atoms. The third-order valence-corrected chi connectivity index (χ3v) is 9.63. The summed E-state index contributed by atoms with van der Waals surface area (Å²) in [6, 6.07) is 25.6. The van der Waals surface area contributed by atoms with Gasteiger partial charge in [0.2, 0.25) is 0 Å². The van der Waals surface area contributed by atoms with Crippen molar-refractivity contribution in [2.75, 3.05) is 6.61 Å². The Labute approximate surface area is 206 Å². The first-order chi connectivity index (χ1) is 16.1. The molecule has 4 aromatic rings. The van der Waals surface area contributed by atoms with Gasteiger partial charge in [0.1, 0.15) is 9.52 Å². The molecule has 0 aliphatic heterocycles. The van der Waals surface area contributed by atoms with E-state index in [-0.39, 0.29) is 17.4 Å². The number of halogens is 2. The lowest BCUT2D eigenvalue weighted by Crippen LogP contribution is -2.37. The highest BCUT2D eigenvalue weighted by Gasteiger charge is 2.34. The van der Waals surface area contributed by atoms with Gasteiger partial charge in [0.15, 0.2) is 0 Å². The van der Waals surface area contributed by atoms with Gasteiger partial charge in [-0.1, -0.05) is 78.4 Å². The summed E-state index contributed by atoms with van der Waals surface area (Å²) in [5.41, 5.74) is 12.1. The lowest BCUT2D eigenvalue weighted by molar-refractivity contribution is 0.300. The van der Waals surface area contributed by atoms with Crippen LogP contribution in [0.25, 0.3) is 22.3 Å². The van der Waals surface area contributed by atoms with Gasteiger partial charge in [0.25, 0.3) is 0 Å². The average molecular weight is 485 g/mol. The summed E-state index contributed by atoms with van der Waals surface area (Å²) in [7, 11) is 0.416. The van der Waals surface area contributed by atoms with Gasteiger partial charge in [-0.05, 0) is 73.8 Å². The zero-order chi connectivity index (χ0) is 22.7. The highest BCUT2D eigenvalue weighted by atomic mass is 35.5. The van der Waals surface area contributed by atoms with Crippen LogP contribution in [0.4, 0.5) is 0 Å². The van der Waals surface area contributed by atoms with E-state index in [1.54, 1.807) is 0 Å². The van der Waals surface area contributed by atoms with Crippen molar-refractivity contribution in [1.29, 1.82) is 0 Å². The molecule has 162 valence electrons. The molecule has 0 fully saturated rings. The van der Waals surface area contributed by atoms with Gasteiger partial charge in [-0.25, -0.2) is 0 Å². The quantitative estimate of drug-likeness (QED) is 0.286. The van der Waals surface area contributed by atoms with E-state index in [4.69, 9.17) is 23.2 Å². The maximum absolute atomic E-state index is 9.82. The number of alkyl halides is 2. The van der Waals surface area contributed by atoms with E-state index in [9.17, 15) is 5.11 Å². The summed E-state index contributed by atoms with van der Waals surface area (Å²) < 4.78 is 0. The van der Waals surface area contributed by atoms with E-state index < -0.39 is 0 Å². The molecule has 2 aliphatic carbocycles. The third-order valence-electron chi connectivity index (χ3n) is 6.97. The molecule has 0 saturated carbocycles. The normalized spacial score (nSPS) is 17.5. The maximum atomic E-state index is 9.82. The van der Waals surface area contributed by atoms with Crippen LogP contribution in [0, 0.1) is 6.92 Å². The number of aliphatic hydroxyl groups is 1. The summed E-state index contributed by atoms with van der Waals surface area (Å²) >= 11 is 14.2. The van der Waals surface area contributed by atoms with Gasteiger partial charge in [-0.2, -0.15) is 0 Å². The first-order valence-electron chi connectivity index (χ1n) is 11.2. The molecular formula is C29H22Cl2OSi. The zero-order valence-electron chi connectivity index (χ0n) is 18.2. The van der Waals surface area contributed by atoms with E-state index in [0.29, 0.717) is 15.9 Å². The minimum absolute atomic E-state index is 0.117. The Morgan fingerprint density at radius 3 is 1.85 bits per heavy atom. The van der Waals surface area contributed by atoms with Crippen LogP contribution >= 0.6 is 23.2 Å². The fourth-order valence-corrected chi connectivity index (χ4v) is 8.14. The number of benzene rings is 4. The largest absolute Gasteiger partial charge is 0.396 e. The van der Waals surface area contributed by atoms with Gasteiger partial charge in [0.05, 0.1) is 10.8 Å². The van der Waals surface area contributed by atoms with Gasteiger partial charge < -0.3 is 5.11 Å². The van der Waals surface area contributed by atoms with Crippen molar-refractivity contribution in [3.63, 3.8) is 0 Å². The molecule has 0 heterocycles. The minimum atomic E-state index is -0.182. The van der Waals surface area contributed by atoms with E-state index in [1.165, 1.54) is 66.0 Å². The van der Waals surface area contributed by atoms with Gasteiger partial charge in [0, 0.05) is 6.61 Å². The van der Waals surface area contributed by atoms with Gasteiger partial charge >= 0.3 is 0 Å². The summed E-state index contributed by atoms with van der Waals surface area (Å²) in [5, 5.41) is 12.0. The van der Waals surface area contributed by atoms with E-state index >= 15 is 0 Å². The Morgan fingerprint density at radius 2 is 1.24 bits per heavy atom. The molecule has 0 spiro atoms. The van der Waals surface area contributed by atoms with Crippen LogP contribution in [0.3, 0.4) is 0 Å². The second kappa shape index (κ2) is 8.14. The van der Waals surface area contributed by atoms with Crippen LogP contribution in [0.5, 0.6) is 0 Å². The van der Waals surface area contributed by atoms with Crippen molar-refractivity contribution in [2.45, 2.75) is 24.1 Å². The maximum Gasteiger partial charge on any atom is 0.123 e. The Morgan fingerprint density at radius 1 is 0.697 bits per heavy atom. The molecular weight excluding hydrogens is 463 g/mol. The van der Waals surface area contributed by atoms with Crippen molar-refractivity contribution >= 4 is 43.1 Å². The standard InChI is InChI=1S/C29H22Cl2OSi/c1-16-10-12-20-18-6-2-4-8-22(18)26(30)24(20)28(16)33-29-17(14-15-32)11-13-21-19-7-3-5-9-23(19)27(31)25(21)29/h2-13,26-27,32H,14-15H2,1H3. The molecule has 2 aliphatic rings. The van der Waals surface area contributed by atoms with Crippen LogP contribution in [0.1, 0.15) is 44.1 Å². The molecule has 4 aromatic carbocycles. The van der Waals surface area contributed by atoms with E-state index in [1.807, 2.05) is 0 Å². The Balaban J connectivity index is 1.55. The highest BCUT2D eigenvalue weighted by Crippen LogP contribution is 2.48. The predicted molar refractivity (Wildman–Crippen MR) is 140 cm³/mol. The molecule has 0 amide bonds. The van der Waals surface area contributed by atoms with Crippen molar-refractivity contribution in [2.24, 2.45) is 0 Å². The number of aliphatic hydroxyl groups excluding tert-OH is 1. The Bertz CT molecular complexity index is 1410.